The lowest BCUT2D eigenvalue weighted by Crippen LogP contribution is -2.16. The quantitative estimate of drug-likeness (QED) is 0.608. The second-order valence-corrected chi connectivity index (χ2v) is 6.43. The molecule has 1 aromatic heterocycles. The smallest absolute Gasteiger partial charge is 0.274 e. The topological polar surface area (TPSA) is 85.4 Å². The molecule has 1 heterocycles. The van der Waals surface area contributed by atoms with Gasteiger partial charge in [-0.3, -0.25) is 4.79 Å². The van der Waals surface area contributed by atoms with Gasteiger partial charge >= 0.3 is 0 Å². The Hall–Kier alpha value is -3.61. The Bertz CT molecular complexity index is 974. The van der Waals surface area contributed by atoms with Crippen molar-refractivity contribution in [2.24, 2.45) is 0 Å². The number of carbonyl (C=O) groups excluding carboxylic acids is 1. The van der Waals surface area contributed by atoms with Crippen molar-refractivity contribution in [3.8, 4) is 11.5 Å². The summed E-state index contributed by atoms with van der Waals surface area (Å²) in [6, 6.07) is 16.7. The Kier molecular flexibility index (Phi) is 6.63. The van der Waals surface area contributed by atoms with Gasteiger partial charge in [0, 0.05) is 17.9 Å². The highest BCUT2D eigenvalue weighted by Gasteiger charge is 2.11. The molecule has 0 saturated carbocycles. The molecule has 150 valence electrons. The lowest BCUT2D eigenvalue weighted by atomic mass is 10.1. The molecule has 0 atom stereocenters. The summed E-state index contributed by atoms with van der Waals surface area (Å²) in [6.07, 6.45) is 0.780. The normalized spacial score (nSPS) is 10.3. The van der Waals surface area contributed by atoms with E-state index in [4.69, 9.17) is 9.47 Å². The number of rotatable bonds is 8. The SMILES string of the molecule is COc1ccc(NC(=O)c2cc(C)nc(NCCc3cccc(OC)c3)n2)cc1. The highest BCUT2D eigenvalue weighted by atomic mass is 16.5. The van der Waals surface area contributed by atoms with Crippen molar-refractivity contribution in [1.82, 2.24) is 9.97 Å². The minimum atomic E-state index is -0.295. The van der Waals surface area contributed by atoms with Crippen molar-refractivity contribution in [1.29, 1.82) is 0 Å². The molecule has 3 rings (SSSR count). The minimum Gasteiger partial charge on any atom is -0.497 e. The van der Waals surface area contributed by atoms with E-state index in [-0.39, 0.29) is 5.91 Å². The first-order valence-corrected chi connectivity index (χ1v) is 9.25. The van der Waals surface area contributed by atoms with Crippen molar-refractivity contribution in [2.75, 3.05) is 31.4 Å². The highest BCUT2D eigenvalue weighted by molar-refractivity contribution is 6.03. The Morgan fingerprint density at radius 2 is 1.72 bits per heavy atom. The summed E-state index contributed by atoms with van der Waals surface area (Å²) in [4.78, 5) is 21.3. The molecule has 2 aromatic carbocycles. The minimum absolute atomic E-state index is 0.295. The number of methoxy groups -OCH3 is 2. The van der Waals surface area contributed by atoms with Gasteiger partial charge in [0.15, 0.2) is 0 Å². The van der Waals surface area contributed by atoms with Gasteiger partial charge in [-0.05, 0) is 61.4 Å². The maximum absolute atomic E-state index is 12.6. The van der Waals surface area contributed by atoms with E-state index >= 15 is 0 Å². The van der Waals surface area contributed by atoms with Crippen LogP contribution in [0.15, 0.2) is 54.6 Å². The van der Waals surface area contributed by atoms with E-state index in [0.717, 1.165) is 23.5 Å². The number of carbonyl (C=O) groups is 1. The summed E-state index contributed by atoms with van der Waals surface area (Å²) in [5.41, 5.74) is 2.82. The molecule has 7 nitrogen and oxygen atoms in total. The van der Waals surface area contributed by atoms with Crippen LogP contribution in [0.1, 0.15) is 21.7 Å². The van der Waals surface area contributed by atoms with Gasteiger partial charge in [-0.2, -0.15) is 0 Å². The van der Waals surface area contributed by atoms with E-state index in [1.54, 1.807) is 44.6 Å². The third-order valence-corrected chi connectivity index (χ3v) is 4.27. The maximum atomic E-state index is 12.6. The van der Waals surface area contributed by atoms with E-state index < -0.39 is 0 Å². The zero-order valence-corrected chi connectivity index (χ0v) is 16.7. The van der Waals surface area contributed by atoms with E-state index in [1.807, 2.05) is 31.2 Å². The molecular weight excluding hydrogens is 368 g/mol. The predicted octanol–water partition coefficient (Wildman–Crippen LogP) is 3.71. The molecular formula is C22H24N4O3. The Balaban J connectivity index is 1.62. The van der Waals surface area contributed by atoms with Crippen LogP contribution in [0.3, 0.4) is 0 Å². The first-order chi connectivity index (χ1) is 14.1. The van der Waals surface area contributed by atoms with Crippen LogP contribution in [0, 0.1) is 6.92 Å². The van der Waals surface area contributed by atoms with Gasteiger partial charge in [0.25, 0.3) is 5.91 Å². The standard InChI is InChI=1S/C22H24N4O3/c1-15-13-20(21(27)25-17-7-9-18(28-2)10-8-17)26-22(24-15)23-12-11-16-5-4-6-19(14-16)29-3/h4-10,13-14H,11-12H2,1-3H3,(H,25,27)(H,23,24,26). The van der Waals surface area contributed by atoms with Gasteiger partial charge in [0.2, 0.25) is 5.95 Å². The molecule has 0 bridgehead atoms. The monoisotopic (exact) mass is 392 g/mol. The second-order valence-electron chi connectivity index (χ2n) is 6.43. The van der Waals surface area contributed by atoms with Crippen molar-refractivity contribution in [2.45, 2.75) is 13.3 Å². The maximum Gasteiger partial charge on any atom is 0.274 e. The summed E-state index contributed by atoms with van der Waals surface area (Å²) < 4.78 is 10.4. The molecule has 0 aliphatic rings. The molecule has 29 heavy (non-hydrogen) atoms. The molecule has 0 aliphatic heterocycles. The fraction of sp³-hybridized carbons (Fsp3) is 0.227. The first-order valence-electron chi connectivity index (χ1n) is 9.25. The number of hydrogen-bond donors (Lipinski definition) is 2. The number of ether oxygens (including phenoxy) is 2. The zero-order chi connectivity index (χ0) is 20.6. The van der Waals surface area contributed by atoms with Crippen LogP contribution in [-0.4, -0.2) is 36.6 Å². The van der Waals surface area contributed by atoms with Crippen LogP contribution in [0.4, 0.5) is 11.6 Å². The molecule has 0 saturated heterocycles. The van der Waals surface area contributed by atoms with Crippen LogP contribution in [0.25, 0.3) is 0 Å². The van der Waals surface area contributed by atoms with Crippen molar-refractivity contribution in [3.63, 3.8) is 0 Å². The number of hydrogen-bond acceptors (Lipinski definition) is 6. The molecule has 2 N–H and O–H groups in total. The average Bonchev–Trinajstić information content (AvgIpc) is 2.74. The molecule has 0 aliphatic carbocycles. The third kappa shape index (κ3) is 5.68. The lowest BCUT2D eigenvalue weighted by molar-refractivity contribution is 0.102. The fourth-order valence-corrected chi connectivity index (χ4v) is 2.78. The summed E-state index contributed by atoms with van der Waals surface area (Å²) in [5, 5.41) is 6.02. The number of benzene rings is 2. The largest absolute Gasteiger partial charge is 0.497 e. The molecule has 0 fully saturated rings. The molecule has 0 radical (unpaired) electrons. The molecule has 0 unspecified atom stereocenters. The van der Waals surface area contributed by atoms with E-state index in [1.165, 1.54) is 0 Å². The molecule has 1 amide bonds. The van der Waals surface area contributed by atoms with Crippen molar-refractivity contribution >= 4 is 17.5 Å². The summed E-state index contributed by atoms with van der Waals surface area (Å²) in [7, 11) is 3.25. The van der Waals surface area contributed by atoms with E-state index in [2.05, 4.69) is 20.6 Å². The van der Waals surface area contributed by atoms with Gasteiger partial charge in [0.05, 0.1) is 14.2 Å². The van der Waals surface area contributed by atoms with E-state index in [9.17, 15) is 4.79 Å². The van der Waals surface area contributed by atoms with Gasteiger partial charge in [-0.15, -0.1) is 0 Å². The van der Waals surface area contributed by atoms with Crippen LogP contribution < -0.4 is 20.1 Å². The molecule has 0 spiro atoms. The van der Waals surface area contributed by atoms with Gasteiger partial charge in [0.1, 0.15) is 17.2 Å². The number of nitrogens with one attached hydrogen (secondary N) is 2. The summed E-state index contributed by atoms with van der Waals surface area (Å²) in [5.74, 6) is 1.68. The van der Waals surface area contributed by atoms with Crippen LogP contribution in [-0.2, 0) is 6.42 Å². The Morgan fingerprint density at radius 1 is 0.966 bits per heavy atom. The van der Waals surface area contributed by atoms with Crippen LogP contribution >= 0.6 is 0 Å². The number of anilines is 2. The molecule has 3 aromatic rings. The molecule has 7 heteroatoms. The fourth-order valence-electron chi connectivity index (χ4n) is 2.78. The highest BCUT2D eigenvalue weighted by Crippen LogP contribution is 2.16. The number of amides is 1. The Labute approximate surface area is 170 Å². The van der Waals surface area contributed by atoms with Crippen LogP contribution in [0.5, 0.6) is 11.5 Å². The van der Waals surface area contributed by atoms with Crippen molar-refractivity contribution < 1.29 is 14.3 Å². The third-order valence-electron chi connectivity index (χ3n) is 4.27. The zero-order valence-electron chi connectivity index (χ0n) is 16.7. The number of aryl methyl sites for hydroxylation is 1. The average molecular weight is 392 g/mol. The predicted molar refractivity (Wildman–Crippen MR) is 113 cm³/mol. The van der Waals surface area contributed by atoms with Gasteiger partial charge in [-0.25, -0.2) is 9.97 Å². The second kappa shape index (κ2) is 9.54. The summed E-state index contributed by atoms with van der Waals surface area (Å²) >= 11 is 0. The van der Waals surface area contributed by atoms with Gasteiger partial charge < -0.3 is 20.1 Å². The van der Waals surface area contributed by atoms with E-state index in [0.29, 0.717) is 29.6 Å². The first kappa shape index (κ1) is 20.1. The Morgan fingerprint density at radius 3 is 2.45 bits per heavy atom. The van der Waals surface area contributed by atoms with Gasteiger partial charge in [-0.1, -0.05) is 12.1 Å². The lowest BCUT2D eigenvalue weighted by Gasteiger charge is -2.10. The summed E-state index contributed by atoms with van der Waals surface area (Å²) in [6.45, 7) is 2.47. The van der Waals surface area contributed by atoms with Crippen molar-refractivity contribution in [3.05, 3.63) is 71.5 Å². The number of aromatic nitrogens is 2. The number of nitrogens with zero attached hydrogens (tertiary/aromatic N) is 2. The van der Waals surface area contributed by atoms with Crippen LogP contribution in [0.2, 0.25) is 0 Å².